The molecule has 1 fully saturated rings. The average molecular weight is 377 g/mol. The maximum atomic E-state index is 12.0. The predicted octanol–water partition coefficient (Wildman–Crippen LogP) is 1.19. The van der Waals surface area contributed by atoms with Crippen molar-refractivity contribution in [1.29, 1.82) is 0 Å². The van der Waals surface area contributed by atoms with Crippen molar-refractivity contribution in [2.75, 3.05) is 53.5 Å². The molecule has 0 bridgehead atoms. The Hall–Kier alpha value is -2.12. The smallest absolute Gasteiger partial charge is 0.305 e. The van der Waals surface area contributed by atoms with E-state index in [1.165, 1.54) is 18.2 Å². The second-order valence-electron chi connectivity index (χ2n) is 6.90. The second-order valence-corrected chi connectivity index (χ2v) is 6.90. The fraction of sp³-hybridized carbons (Fsp3) is 0.600. The highest BCUT2D eigenvalue weighted by atomic mass is 16.5. The van der Waals surface area contributed by atoms with Gasteiger partial charge in [-0.1, -0.05) is 17.7 Å². The number of nitrogens with zero attached hydrogens (tertiary/aromatic N) is 2. The molecule has 0 aromatic heterocycles. The minimum atomic E-state index is -0.245. The molecule has 1 heterocycles. The van der Waals surface area contributed by atoms with Crippen molar-refractivity contribution in [2.45, 2.75) is 26.3 Å². The second kappa shape index (κ2) is 10.9. The molecule has 2 rings (SSSR count). The summed E-state index contributed by atoms with van der Waals surface area (Å²) in [6, 6.07) is 6.25. The Balaban J connectivity index is 1.69. The Morgan fingerprint density at radius 3 is 2.48 bits per heavy atom. The van der Waals surface area contributed by atoms with E-state index >= 15 is 0 Å². The molecule has 7 heteroatoms. The number of rotatable bonds is 9. The highest BCUT2D eigenvalue weighted by Crippen LogP contribution is 2.21. The third-order valence-electron chi connectivity index (χ3n) is 4.77. The van der Waals surface area contributed by atoms with Crippen LogP contribution in [0.4, 0.5) is 0 Å². The summed E-state index contributed by atoms with van der Waals surface area (Å²) in [5, 5.41) is 2.86. The summed E-state index contributed by atoms with van der Waals surface area (Å²) in [5.41, 5.74) is 2.43. The molecule has 1 saturated heterocycles. The maximum absolute atomic E-state index is 12.0. The zero-order valence-corrected chi connectivity index (χ0v) is 16.6. The molecule has 1 aromatic rings. The highest BCUT2D eigenvalue weighted by molar-refractivity contribution is 5.78. The van der Waals surface area contributed by atoms with Gasteiger partial charge in [-0.25, -0.2) is 0 Å². The molecule has 1 amide bonds. The first-order valence-corrected chi connectivity index (χ1v) is 9.43. The first-order valence-electron chi connectivity index (χ1n) is 9.43. The molecular weight excluding hydrogens is 346 g/mol. The van der Waals surface area contributed by atoms with Gasteiger partial charge in [0.15, 0.2) is 0 Å². The van der Waals surface area contributed by atoms with Crippen LogP contribution in [0.1, 0.15) is 24.0 Å². The van der Waals surface area contributed by atoms with Crippen LogP contribution in [-0.2, 0) is 20.9 Å². The van der Waals surface area contributed by atoms with Crippen LogP contribution in [0.25, 0.3) is 0 Å². The van der Waals surface area contributed by atoms with Gasteiger partial charge in [0.2, 0.25) is 5.91 Å². The number of esters is 1. The molecule has 150 valence electrons. The van der Waals surface area contributed by atoms with E-state index in [0.717, 1.165) is 38.5 Å². The lowest BCUT2D eigenvalue weighted by Gasteiger charge is -2.34. The molecule has 1 aliphatic rings. The van der Waals surface area contributed by atoms with Crippen LogP contribution >= 0.6 is 0 Å². The minimum Gasteiger partial charge on any atom is -0.496 e. The van der Waals surface area contributed by atoms with Crippen LogP contribution in [0, 0.1) is 6.92 Å². The Morgan fingerprint density at radius 2 is 1.81 bits per heavy atom. The van der Waals surface area contributed by atoms with Gasteiger partial charge in [-0.3, -0.25) is 19.4 Å². The molecule has 1 N–H and O–H groups in total. The van der Waals surface area contributed by atoms with Gasteiger partial charge in [-0.2, -0.15) is 0 Å². The van der Waals surface area contributed by atoms with Gasteiger partial charge >= 0.3 is 5.97 Å². The molecule has 0 saturated carbocycles. The number of carbonyl (C=O) groups is 2. The van der Waals surface area contributed by atoms with E-state index in [2.05, 4.69) is 38.9 Å². The van der Waals surface area contributed by atoms with Gasteiger partial charge in [0.05, 0.1) is 20.8 Å². The first-order chi connectivity index (χ1) is 13.0. The molecule has 0 radical (unpaired) electrons. The fourth-order valence-electron chi connectivity index (χ4n) is 3.20. The van der Waals surface area contributed by atoms with Gasteiger partial charge < -0.3 is 14.8 Å². The molecule has 0 unspecified atom stereocenters. The predicted molar refractivity (Wildman–Crippen MR) is 104 cm³/mol. The van der Waals surface area contributed by atoms with Crippen molar-refractivity contribution >= 4 is 11.9 Å². The van der Waals surface area contributed by atoms with E-state index in [1.54, 1.807) is 7.11 Å². The summed E-state index contributed by atoms with van der Waals surface area (Å²) >= 11 is 0. The van der Waals surface area contributed by atoms with Crippen LogP contribution < -0.4 is 10.1 Å². The number of nitrogens with one attached hydrogen (secondary N) is 1. The molecule has 1 aliphatic heterocycles. The van der Waals surface area contributed by atoms with Gasteiger partial charge in [-0.15, -0.1) is 0 Å². The summed E-state index contributed by atoms with van der Waals surface area (Å²) in [4.78, 5) is 27.6. The van der Waals surface area contributed by atoms with Crippen LogP contribution in [0.3, 0.4) is 0 Å². The molecule has 1 aromatic carbocycles. The Kier molecular flexibility index (Phi) is 8.54. The van der Waals surface area contributed by atoms with Crippen LogP contribution in [-0.4, -0.2) is 75.2 Å². The number of hydrogen-bond donors (Lipinski definition) is 1. The van der Waals surface area contributed by atoms with Crippen molar-refractivity contribution in [2.24, 2.45) is 0 Å². The standard InChI is InChI=1S/C20H31N3O4/c1-16-6-7-18(26-2)17(13-16)14-22-9-11-23(12-10-22)15-19(24)21-8-4-5-20(25)27-3/h6-7,13H,4-5,8-12,14-15H2,1-3H3,(H,21,24). The lowest BCUT2D eigenvalue weighted by Crippen LogP contribution is -2.49. The Labute approximate surface area is 161 Å². The molecule has 7 nitrogen and oxygen atoms in total. The SMILES string of the molecule is COC(=O)CCCNC(=O)CN1CCN(Cc2cc(C)ccc2OC)CC1. The summed E-state index contributed by atoms with van der Waals surface area (Å²) in [5.74, 6) is 0.689. The van der Waals surface area contributed by atoms with E-state index in [9.17, 15) is 9.59 Å². The Bertz CT molecular complexity index is 628. The first kappa shape index (κ1) is 21.2. The molecule has 27 heavy (non-hydrogen) atoms. The van der Waals surface area contributed by atoms with E-state index in [1.807, 2.05) is 6.07 Å². The number of aryl methyl sites for hydroxylation is 1. The van der Waals surface area contributed by atoms with E-state index < -0.39 is 0 Å². The number of methoxy groups -OCH3 is 2. The van der Waals surface area contributed by atoms with E-state index in [4.69, 9.17) is 4.74 Å². The average Bonchev–Trinajstić information content (AvgIpc) is 2.67. The van der Waals surface area contributed by atoms with Crippen molar-refractivity contribution in [3.63, 3.8) is 0 Å². The molecule has 0 spiro atoms. The number of benzene rings is 1. The van der Waals surface area contributed by atoms with Crippen LogP contribution in [0.2, 0.25) is 0 Å². The fourth-order valence-corrected chi connectivity index (χ4v) is 3.20. The third-order valence-corrected chi connectivity index (χ3v) is 4.77. The zero-order chi connectivity index (χ0) is 19.6. The number of amides is 1. The van der Waals surface area contributed by atoms with Gasteiger partial charge in [0.25, 0.3) is 0 Å². The normalized spacial score (nSPS) is 15.4. The molecular formula is C20H31N3O4. The van der Waals surface area contributed by atoms with Crippen molar-refractivity contribution in [3.05, 3.63) is 29.3 Å². The monoisotopic (exact) mass is 377 g/mol. The summed E-state index contributed by atoms with van der Waals surface area (Å²) in [6.45, 7) is 7.43. The number of hydrogen-bond acceptors (Lipinski definition) is 6. The van der Waals surface area contributed by atoms with Crippen molar-refractivity contribution in [1.82, 2.24) is 15.1 Å². The highest BCUT2D eigenvalue weighted by Gasteiger charge is 2.20. The summed E-state index contributed by atoms with van der Waals surface area (Å²) in [6.07, 6.45) is 0.933. The van der Waals surface area contributed by atoms with E-state index in [0.29, 0.717) is 25.9 Å². The van der Waals surface area contributed by atoms with Gasteiger partial charge in [0, 0.05) is 51.3 Å². The van der Waals surface area contributed by atoms with E-state index in [-0.39, 0.29) is 11.9 Å². The molecule has 0 aliphatic carbocycles. The topological polar surface area (TPSA) is 71.1 Å². The van der Waals surface area contributed by atoms with Gasteiger partial charge in [0.1, 0.15) is 5.75 Å². The van der Waals surface area contributed by atoms with Gasteiger partial charge in [-0.05, 0) is 19.4 Å². The third kappa shape index (κ3) is 7.19. The number of ether oxygens (including phenoxy) is 2. The van der Waals surface area contributed by atoms with Crippen LogP contribution in [0.5, 0.6) is 5.75 Å². The largest absolute Gasteiger partial charge is 0.496 e. The van der Waals surface area contributed by atoms with Crippen LogP contribution in [0.15, 0.2) is 18.2 Å². The number of carbonyl (C=O) groups excluding carboxylic acids is 2. The lowest BCUT2D eigenvalue weighted by atomic mass is 10.1. The molecule has 0 atom stereocenters. The quantitative estimate of drug-likeness (QED) is 0.515. The lowest BCUT2D eigenvalue weighted by molar-refractivity contribution is -0.140. The number of piperazine rings is 1. The Morgan fingerprint density at radius 1 is 1.11 bits per heavy atom. The maximum Gasteiger partial charge on any atom is 0.305 e. The minimum absolute atomic E-state index is 0.00803. The van der Waals surface area contributed by atoms with Crippen molar-refractivity contribution in [3.8, 4) is 5.75 Å². The zero-order valence-electron chi connectivity index (χ0n) is 16.6. The summed E-state index contributed by atoms with van der Waals surface area (Å²) in [7, 11) is 3.07. The summed E-state index contributed by atoms with van der Waals surface area (Å²) < 4.78 is 10.0. The van der Waals surface area contributed by atoms with Crippen molar-refractivity contribution < 1.29 is 19.1 Å².